The summed E-state index contributed by atoms with van der Waals surface area (Å²) in [7, 11) is 7.45. The standard InChI is InChI=1S/C40H40N6O10/c1-40-24(35(48)45(37(40)50)21-10-8-7-9-11-21)18-27-23(34(40)33-31(55-5)16-22(47)17-32(33)56-6)12-15-44-38(51)43(39(52)46(27)44)14-13-25-36(49)42(2)28-20-30(54-4)29(53-3)19-26(28)41-25/h7-12,16-17,19-20,24,27,34,47H,13-15,18H2,1-6H3/t24-,27+,34+,40+/m0/s1. The van der Waals surface area contributed by atoms with Gasteiger partial charge in [-0.25, -0.2) is 33.4 Å². The molecule has 0 radical (unpaired) electrons. The Hall–Kier alpha value is -6.58. The van der Waals surface area contributed by atoms with Gasteiger partial charge in [0.25, 0.3) is 5.56 Å². The highest BCUT2D eigenvalue weighted by Gasteiger charge is 2.66. The van der Waals surface area contributed by atoms with Gasteiger partial charge in [-0.05, 0) is 31.1 Å². The van der Waals surface area contributed by atoms with Gasteiger partial charge in [-0.15, -0.1) is 0 Å². The third-order valence-electron chi connectivity index (χ3n) is 11.7. The van der Waals surface area contributed by atoms with Crippen LogP contribution in [0, 0.1) is 11.3 Å². The molecular formula is C40H40N6O10. The third-order valence-corrected chi connectivity index (χ3v) is 11.7. The number of amides is 2. The van der Waals surface area contributed by atoms with Gasteiger partial charge in [0.1, 0.15) is 22.9 Å². The summed E-state index contributed by atoms with van der Waals surface area (Å²) in [5.41, 5.74) is -0.466. The van der Waals surface area contributed by atoms with Crippen LogP contribution in [0.25, 0.3) is 11.0 Å². The number of imide groups is 1. The number of benzene rings is 3. The van der Waals surface area contributed by atoms with Crippen LogP contribution < -0.4 is 40.8 Å². The lowest BCUT2D eigenvalue weighted by Crippen LogP contribution is -2.49. The number of aromatic nitrogens is 5. The number of rotatable bonds is 9. The predicted octanol–water partition coefficient (Wildman–Crippen LogP) is 2.91. The molecule has 16 nitrogen and oxygen atoms in total. The number of nitrogens with zero attached hydrogens (tertiary/aromatic N) is 6. The molecular weight excluding hydrogens is 724 g/mol. The Morgan fingerprint density at radius 1 is 0.857 bits per heavy atom. The quantitative estimate of drug-likeness (QED) is 0.172. The van der Waals surface area contributed by atoms with E-state index in [4.69, 9.17) is 18.9 Å². The van der Waals surface area contributed by atoms with Crippen LogP contribution in [0.1, 0.15) is 36.6 Å². The minimum atomic E-state index is -1.39. The lowest BCUT2D eigenvalue weighted by Gasteiger charge is -2.47. The summed E-state index contributed by atoms with van der Waals surface area (Å²) >= 11 is 0. The average Bonchev–Trinajstić information content (AvgIpc) is 3.56. The number of methoxy groups -OCH3 is 4. The van der Waals surface area contributed by atoms with Crippen molar-refractivity contribution in [2.24, 2.45) is 18.4 Å². The van der Waals surface area contributed by atoms with Gasteiger partial charge in [-0.1, -0.05) is 24.3 Å². The summed E-state index contributed by atoms with van der Waals surface area (Å²) in [4.78, 5) is 77.0. The number of phenolic OH excluding ortho intramolecular Hbond substituents is 1. The average molecular weight is 765 g/mol. The van der Waals surface area contributed by atoms with E-state index >= 15 is 0 Å². The molecule has 1 N–H and O–H groups in total. The monoisotopic (exact) mass is 764 g/mol. The number of aromatic hydroxyl groups is 1. The van der Waals surface area contributed by atoms with Crippen LogP contribution in [0.2, 0.25) is 0 Å². The Bertz CT molecular complexity index is 2650. The van der Waals surface area contributed by atoms with Crippen molar-refractivity contribution in [1.29, 1.82) is 0 Å². The zero-order chi connectivity index (χ0) is 39.8. The van der Waals surface area contributed by atoms with E-state index in [-0.39, 0.29) is 48.9 Å². The molecule has 0 spiro atoms. The second-order valence-corrected chi connectivity index (χ2v) is 14.3. The number of para-hydroxylation sites is 1. The van der Waals surface area contributed by atoms with E-state index in [2.05, 4.69) is 4.98 Å². The number of carbonyl (C=O) groups is 2. The zero-order valence-corrected chi connectivity index (χ0v) is 31.6. The molecule has 16 heteroatoms. The summed E-state index contributed by atoms with van der Waals surface area (Å²) in [5.74, 6) is -1.54. The number of aryl methyl sites for hydroxylation is 2. The number of ether oxygens (including phenoxy) is 4. The minimum absolute atomic E-state index is 0.0188. The highest BCUT2D eigenvalue weighted by Crippen LogP contribution is 2.63. The Kier molecular flexibility index (Phi) is 8.66. The maximum atomic E-state index is 14.8. The lowest BCUT2D eigenvalue weighted by atomic mass is 9.56. The fourth-order valence-electron chi connectivity index (χ4n) is 8.95. The Morgan fingerprint density at radius 3 is 2.14 bits per heavy atom. The van der Waals surface area contributed by atoms with Crippen molar-refractivity contribution >= 4 is 28.5 Å². The molecule has 5 aromatic rings. The van der Waals surface area contributed by atoms with Crippen LogP contribution >= 0.6 is 0 Å². The fraction of sp³-hybridized carbons (Fsp3) is 0.350. The number of fused-ring (bicyclic) bond motifs is 5. The second-order valence-electron chi connectivity index (χ2n) is 14.3. The maximum Gasteiger partial charge on any atom is 0.347 e. The van der Waals surface area contributed by atoms with Gasteiger partial charge in [0, 0.05) is 55.8 Å². The summed E-state index contributed by atoms with van der Waals surface area (Å²) < 4.78 is 27.6. The highest BCUT2D eigenvalue weighted by molar-refractivity contribution is 6.24. The SMILES string of the molecule is COc1cc2nc(CCn3c(=O)n4n(c3=O)[C@@H]3C[C@H]5C(=O)N(c6ccccc6)C(=O)[C@@]5(C)[C@@H](c5c(OC)cc(O)cc5OC)C3=CC4)c(=O)n(C)c2cc1OC. The first-order chi connectivity index (χ1) is 26.9. The molecule has 1 saturated heterocycles. The first kappa shape index (κ1) is 36.4. The zero-order valence-electron chi connectivity index (χ0n) is 31.6. The molecule has 2 amide bonds. The summed E-state index contributed by atoms with van der Waals surface area (Å²) in [6.07, 6.45) is 1.82. The predicted molar refractivity (Wildman–Crippen MR) is 203 cm³/mol. The molecule has 4 heterocycles. The van der Waals surface area contributed by atoms with Crippen LogP contribution in [0.15, 0.2) is 80.6 Å². The molecule has 2 aliphatic heterocycles. The van der Waals surface area contributed by atoms with Gasteiger partial charge < -0.3 is 28.6 Å². The smallest absolute Gasteiger partial charge is 0.347 e. The van der Waals surface area contributed by atoms with Crippen LogP contribution in [0.5, 0.6) is 28.7 Å². The van der Waals surface area contributed by atoms with Gasteiger partial charge in [-0.2, -0.15) is 0 Å². The number of allylic oxidation sites excluding steroid dienone is 2. The first-order valence-electron chi connectivity index (χ1n) is 18.0. The number of carbonyl (C=O) groups excluding carboxylic acids is 2. The van der Waals surface area contributed by atoms with Crippen LogP contribution in [0.4, 0.5) is 5.69 Å². The van der Waals surface area contributed by atoms with Crippen molar-refractivity contribution in [3.63, 3.8) is 0 Å². The molecule has 2 fully saturated rings. The first-order valence-corrected chi connectivity index (χ1v) is 18.0. The Morgan fingerprint density at radius 2 is 1.50 bits per heavy atom. The van der Waals surface area contributed by atoms with E-state index in [9.17, 15) is 29.1 Å². The largest absolute Gasteiger partial charge is 0.508 e. The summed E-state index contributed by atoms with van der Waals surface area (Å²) in [6.45, 7) is 1.57. The molecule has 0 unspecified atom stereocenters. The minimum Gasteiger partial charge on any atom is -0.508 e. The molecule has 8 rings (SSSR count). The highest BCUT2D eigenvalue weighted by atomic mass is 16.5. The maximum absolute atomic E-state index is 14.8. The van der Waals surface area contributed by atoms with E-state index in [1.807, 2.05) is 6.08 Å². The topological polar surface area (TPSA) is 178 Å². The normalized spacial score (nSPS) is 21.4. The van der Waals surface area contributed by atoms with Gasteiger partial charge >= 0.3 is 11.4 Å². The number of hydrogen-bond donors (Lipinski definition) is 1. The van der Waals surface area contributed by atoms with E-state index in [0.717, 1.165) is 4.57 Å². The van der Waals surface area contributed by atoms with Gasteiger partial charge in [-0.3, -0.25) is 14.4 Å². The van der Waals surface area contributed by atoms with Crippen molar-refractivity contribution < 1.29 is 33.6 Å². The lowest BCUT2D eigenvalue weighted by molar-refractivity contribution is -0.129. The van der Waals surface area contributed by atoms with E-state index in [1.165, 1.54) is 59.4 Å². The summed E-state index contributed by atoms with van der Waals surface area (Å²) in [6, 6.07) is 13.9. The molecule has 56 heavy (non-hydrogen) atoms. The van der Waals surface area contributed by atoms with Gasteiger partial charge in [0.2, 0.25) is 11.8 Å². The molecule has 3 aliphatic rings. The molecule has 3 aromatic carbocycles. The number of anilines is 1. The van der Waals surface area contributed by atoms with Crippen LogP contribution in [-0.4, -0.2) is 68.8 Å². The van der Waals surface area contributed by atoms with Crippen molar-refractivity contribution in [3.05, 3.63) is 109 Å². The van der Waals surface area contributed by atoms with E-state index in [0.29, 0.717) is 39.4 Å². The molecule has 0 bridgehead atoms. The number of phenols is 1. The number of hydrogen-bond acceptors (Lipinski definition) is 11. The molecule has 4 atom stereocenters. The molecule has 1 aliphatic carbocycles. The van der Waals surface area contributed by atoms with E-state index < -0.39 is 52.0 Å². The summed E-state index contributed by atoms with van der Waals surface area (Å²) in [5, 5.41) is 10.6. The van der Waals surface area contributed by atoms with Crippen molar-refractivity contribution in [3.8, 4) is 28.7 Å². The van der Waals surface area contributed by atoms with Crippen molar-refractivity contribution in [2.45, 2.75) is 44.8 Å². The second kappa shape index (κ2) is 13.3. The fourth-order valence-corrected chi connectivity index (χ4v) is 8.95. The van der Waals surface area contributed by atoms with Gasteiger partial charge in [0.05, 0.1) is 69.1 Å². The Balaban J connectivity index is 1.24. The molecule has 290 valence electrons. The van der Waals surface area contributed by atoms with Crippen molar-refractivity contribution in [1.82, 2.24) is 23.5 Å². The van der Waals surface area contributed by atoms with E-state index in [1.54, 1.807) is 56.4 Å². The van der Waals surface area contributed by atoms with Crippen LogP contribution in [-0.2, 0) is 36.1 Å². The Labute approximate surface area is 319 Å². The van der Waals surface area contributed by atoms with Crippen molar-refractivity contribution in [2.75, 3.05) is 33.3 Å². The van der Waals surface area contributed by atoms with Crippen LogP contribution in [0.3, 0.4) is 0 Å². The molecule has 2 aromatic heterocycles. The molecule has 1 saturated carbocycles. The third kappa shape index (κ3) is 5.11. The van der Waals surface area contributed by atoms with Gasteiger partial charge in [0.15, 0.2) is 11.5 Å².